The van der Waals surface area contributed by atoms with Gasteiger partial charge in [0.05, 0.1) is 3.79 Å². The first-order chi connectivity index (χ1) is 7.66. The molecule has 0 spiro atoms. The second-order valence-corrected chi connectivity index (χ2v) is 7.90. The highest BCUT2D eigenvalue weighted by atomic mass is 79.9. The average molecular weight is 404 g/mol. The molecule has 0 aromatic carbocycles. The van der Waals surface area contributed by atoms with Crippen molar-refractivity contribution in [1.29, 1.82) is 0 Å². The Morgan fingerprint density at radius 2 is 1.94 bits per heavy atom. The van der Waals surface area contributed by atoms with E-state index in [-0.39, 0.29) is 12.4 Å². The number of rotatable bonds is 3. The molecule has 1 saturated carbocycles. The summed E-state index contributed by atoms with van der Waals surface area (Å²) in [6.45, 7) is 1.07. The SMILES string of the molecule is CN(Cc1sc(Br)cc1Br)C1CCCCC1.Cl. The van der Waals surface area contributed by atoms with Crippen molar-refractivity contribution in [2.45, 2.75) is 44.7 Å². The first kappa shape index (κ1) is 16.0. The fourth-order valence-corrected chi connectivity index (χ4v) is 5.07. The number of hydrogen-bond acceptors (Lipinski definition) is 2. The molecular weight excluding hydrogens is 385 g/mol. The summed E-state index contributed by atoms with van der Waals surface area (Å²) in [5, 5.41) is 0. The maximum absolute atomic E-state index is 3.62. The van der Waals surface area contributed by atoms with Gasteiger partial charge in [0.2, 0.25) is 0 Å². The van der Waals surface area contributed by atoms with Gasteiger partial charge in [-0.05, 0) is 57.8 Å². The van der Waals surface area contributed by atoms with Crippen molar-refractivity contribution < 1.29 is 0 Å². The molecule has 0 bridgehead atoms. The molecule has 0 unspecified atom stereocenters. The Bertz CT molecular complexity index is 350. The topological polar surface area (TPSA) is 3.24 Å². The lowest BCUT2D eigenvalue weighted by Gasteiger charge is -2.30. The average Bonchev–Trinajstić information content (AvgIpc) is 2.59. The molecule has 1 nitrogen and oxygen atoms in total. The lowest BCUT2D eigenvalue weighted by molar-refractivity contribution is 0.186. The zero-order valence-corrected chi connectivity index (χ0v) is 14.7. The Morgan fingerprint density at radius 1 is 1.29 bits per heavy atom. The van der Waals surface area contributed by atoms with Crippen LogP contribution in [0.3, 0.4) is 0 Å². The summed E-state index contributed by atoms with van der Waals surface area (Å²) in [5.74, 6) is 0. The molecule has 1 aromatic heterocycles. The summed E-state index contributed by atoms with van der Waals surface area (Å²) in [6, 6.07) is 2.94. The monoisotopic (exact) mass is 401 g/mol. The fourth-order valence-electron chi connectivity index (χ4n) is 2.36. The molecule has 0 aliphatic heterocycles. The van der Waals surface area contributed by atoms with Crippen LogP contribution < -0.4 is 0 Å². The van der Waals surface area contributed by atoms with E-state index in [0.29, 0.717) is 0 Å². The molecule has 1 heterocycles. The van der Waals surface area contributed by atoms with Gasteiger partial charge in [-0.3, -0.25) is 4.90 Å². The van der Waals surface area contributed by atoms with Crippen LogP contribution in [0.5, 0.6) is 0 Å². The predicted molar refractivity (Wildman–Crippen MR) is 85.3 cm³/mol. The van der Waals surface area contributed by atoms with Gasteiger partial charge in [0.25, 0.3) is 0 Å². The third-order valence-corrected chi connectivity index (χ3v) is 5.91. The Balaban J connectivity index is 0.00000144. The number of nitrogens with zero attached hydrogens (tertiary/aromatic N) is 1. The van der Waals surface area contributed by atoms with Crippen molar-refractivity contribution in [2.24, 2.45) is 0 Å². The van der Waals surface area contributed by atoms with Crippen molar-refractivity contribution in [1.82, 2.24) is 4.90 Å². The highest BCUT2D eigenvalue weighted by Gasteiger charge is 2.19. The van der Waals surface area contributed by atoms with Gasteiger partial charge in [0.15, 0.2) is 0 Å². The molecule has 2 rings (SSSR count). The van der Waals surface area contributed by atoms with E-state index in [1.165, 1.54) is 45.2 Å². The van der Waals surface area contributed by atoms with E-state index in [1.807, 2.05) is 11.3 Å². The minimum Gasteiger partial charge on any atom is -0.298 e. The Kier molecular flexibility index (Phi) is 7.03. The zero-order valence-electron chi connectivity index (χ0n) is 9.92. The van der Waals surface area contributed by atoms with Crippen molar-refractivity contribution in [3.8, 4) is 0 Å². The van der Waals surface area contributed by atoms with E-state index < -0.39 is 0 Å². The van der Waals surface area contributed by atoms with E-state index in [0.717, 1.165) is 12.6 Å². The van der Waals surface area contributed by atoms with Gasteiger partial charge in [-0.1, -0.05) is 19.3 Å². The largest absolute Gasteiger partial charge is 0.298 e. The first-order valence-electron chi connectivity index (χ1n) is 5.81. The molecule has 0 amide bonds. The molecule has 0 atom stereocenters. The highest BCUT2D eigenvalue weighted by molar-refractivity contribution is 9.11. The van der Waals surface area contributed by atoms with Crippen LogP contribution in [0, 0.1) is 0 Å². The van der Waals surface area contributed by atoms with Crippen molar-refractivity contribution in [3.05, 3.63) is 19.2 Å². The van der Waals surface area contributed by atoms with Gasteiger partial charge in [0, 0.05) is 21.9 Å². The molecular formula is C12H18Br2ClNS. The molecule has 1 aliphatic rings. The Morgan fingerprint density at radius 3 is 2.47 bits per heavy atom. The number of hydrogen-bond donors (Lipinski definition) is 0. The second kappa shape index (κ2) is 7.49. The minimum atomic E-state index is 0. The van der Waals surface area contributed by atoms with E-state index in [1.54, 1.807) is 0 Å². The summed E-state index contributed by atoms with van der Waals surface area (Å²) in [7, 11) is 2.26. The third kappa shape index (κ3) is 4.50. The molecule has 0 radical (unpaired) electrons. The van der Waals surface area contributed by atoms with E-state index in [4.69, 9.17) is 0 Å². The van der Waals surface area contributed by atoms with Crippen LogP contribution in [0.4, 0.5) is 0 Å². The lowest BCUT2D eigenvalue weighted by Crippen LogP contribution is -2.32. The van der Waals surface area contributed by atoms with E-state index >= 15 is 0 Å². The van der Waals surface area contributed by atoms with E-state index in [2.05, 4.69) is 49.9 Å². The number of halogens is 3. The summed E-state index contributed by atoms with van der Waals surface area (Å²) in [4.78, 5) is 3.95. The predicted octanol–water partition coefficient (Wildman–Crippen LogP) is 5.46. The molecule has 1 fully saturated rings. The van der Waals surface area contributed by atoms with Gasteiger partial charge in [-0.25, -0.2) is 0 Å². The first-order valence-corrected chi connectivity index (χ1v) is 8.21. The standard InChI is InChI=1S/C12H17Br2NS.ClH/c1-15(9-5-3-2-4-6-9)8-11-10(13)7-12(14)16-11;/h7,9H,2-6,8H2,1H3;1H. The molecule has 0 N–H and O–H groups in total. The zero-order chi connectivity index (χ0) is 11.5. The van der Waals surface area contributed by atoms with Gasteiger partial charge in [-0.15, -0.1) is 23.7 Å². The van der Waals surface area contributed by atoms with Crippen LogP contribution in [0.1, 0.15) is 37.0 Å². The Labute approximate surface area is 131 Å². The third-order valence-electron chi connectivity index (χ3n) is 3.32. The minimum absolute atomic E-state index is 0. The second-order valence-electron chi connectivity index (χ2n) is 4.53. The van der Waals surface area contributed by atoms with E-state index in [9.17, 15) is 0 Å². The quantitative estimate of drug-likeness (QED) is 0.648. The van der Waals surface area contributed by atoms with Gasteiger partial charge < -0.3 is 0 Å². The van der Waals surface area contributed by atoms with Crippen molar-refractivity contribution in [3.63, 3.8) is 0 Å². The summed E-state index contributed by atoms with van der Waals surface area (Å²) >= 11 is 9.00. The van der Waals surface area contributed by atoms with Crippen LogP contribution in [-0.2, 0) is 6.54 Å². The van der Waals surface area contributed by atoms with Crippen LogP contribution >= 0.6 is 55.6 Å². The maximum Gasteiger partial charge on any atom is 0.0713 e. The normalized spacial score (nSPS) is 17.2. The van der Waals surface area contributed by atoms with Gasteiger partial charge >= 0.3 is 0 Å². The molecule has 98 valence electrons. The van der Waals surface area contributed by atoms with Gasteiger partial charge in [-0.2, -0.15) is 0 Å². The number of thiophene rings is 1. The molecule has 5 heteroatoms. The van der Waals surface area contributed by atoms with Crippen molar-refractivity contribution >= 4 is 55.6 Å². The Hall–Kier alpha value is 0.910. The summed E-state index contributed by atoms with van der Waals surface area (Å²) in [6.07, 6.45) is 6.99. The molecule has 0 saturated heterocycles. The van der Waals surface area contributed by atoms with Crippen LogP contribution in [0.2, 0.25) is 0 Å². The maximum atomic E-state index is 3.62. The van der Waals surface area contributed by atoms with Crippen molar-refractivity contribution in [2.75, 3.05) is 7.05 Å². The smallest absolute Gasteiger partial charge is 0.0713 e. The fraction of sp³-hybridized carbons (Fsp3) is 0.667. The van der Waals surface area contributed by atoms with Gasteiger partial charge in [0.1, 0.15) is 0 Å². The van der Waals surface area contributed by atoms with Crippen LogP contribution in [0.15, 0.2) is 14.3 Å². The lowest BCUT2D eigenvalue weighted by atomic mass is 9.94. The molecule has 17 heavy (non-hydrogen) atoms. The molecule has 1 aliphatic carbocycles. The summed E-state index contributed by atoms with van der Waals surface area (Å²) in [5.41, 5.74) is 0. The summed E-state index contributed by atoms with van der Waals surface area (Å²) < 4.78 is 2.46. The van der Waals surface area contributed by atoms with Crippen LogP contribution in [0.25, 0.3) is 0 Å². The van der Waals surface area contributed by atoms with Crippen LogP contribution in [-0.4, -0.2) is 18.0 Å². The highest BCUT2D eigenvalue weighted by Crippen LogP contribution is 2.33. The molecule has 1 aromatic rings.